The Morgan fingerprint density at radius 1 is 1.14 bits per heavy atom. The predicted octanol–water partition coefficient (Wildman–Crippen LogP) is 4.48. The summed E-state index contributed by atoms with van der Waals surface area (Å²) in [5, 5.41) is 12.6. The zero-order valence-electron chi connectivity index (χ0n) is 20.9. The lowest BCUT2D eigenvalue weighted by atomic mass is 9.90. The number of aromatic nitrogens is 5. The number of hydrogen-bond donors (Lipinski definition) is 0. The number of piperidine rings is 1. The van der Waals surface area contributed by atoms with E-state index in [0.717, 1.165) is 35.6 Å². The molecule has 1 aromatic carbocycles. The highest BCUT2D eigenvalue weighted by Crippen LogP contribution is 2.28. The average molecular weight is 497 g/mol. The van der Waals surface area contributed by atoms with Gasteiger partial charge in [-0.05, 0) is 55.5 Å². The van der Waals surface area contributed by atoms with Gasteiger partial charge in [0, 0.05) is 32.7 Å². The first-order valence-corrected chi connectivity index (χ1v) is 15.8. The Bertz CT molecular complexity index is 1160. The lowest BCUT2D eigenvalue weighted by Gasteiger charge is -2.31. The molecule has 1 aliphatic heterocycles. The number of halogens is 1. The summed E-state index contributed by atoms with van der Waals surface area (Å²) < 4.78 is 21.0. The summed E-state index contributed by atoms with van der Waals surface area (Å²) in [6.07, 6.45) is 5.52. The van der Waals surface area contributed by atoms with Gasteiger partial charge in [-0.25, -0.2) is 9.07 Å². The number of benzene rings is 1. The number of anilines is 1. The fourth-order valence-electron chi connectivity index (χ4n) is 4.12. The van der Waals surface area contributed by atoms with Gasteiger partial charge in [-0.3, -0.25) is 9.69 Å². The first kappa shape index (κ1) is 25.1. The smallest absolute Gasteiger partial charge is 0.233 e. The number of carbonyl (C=O) groups is 1. The molecule has 0 bridgehead atoms. The fraction of sp³-hybridized carbons (Fsp3) is 0.480. The van der Waals surface area contributed by atoms with E-state index >= 15 is 0 Å². The van der Waals surface area contributed by atoms with Gasteiger partial charge in [0.25, 0.3) is 0 Å². The van der Waals surface area contributed by atoms with Crippen molar-refractivity contribution in [3.63, 3.8) is 0 Å². The van der Waals surface area contributed by atoms with E-state index < -0.39 is 8.07 Å². The summed E-state index contributed by atoms with van der Waals surface area (Å²) in [4.78, 5) is 20.0. The maximum absolute atomic E-state index is 13.5. The molecule has 1 atom stereocenters. The Kier molecular flexibility index (Phi) is 7.71. The molecule has 2 aromatic heterocycles. The van der Waals surface area contributed by atoms with E-state index in [1.807, 2.05) is 6.92 Å². The molecule has 1 unspecified atom stereocenters. The van der Waals surface area contributed by atoms with E-state index in [1.54, 1.807) is 34.1 Å². The molecule has 1 saturated heterocycles. The average Bonchev–Trinajstić information content (AvgIpc) is 3.23. The van der Waals surface area contributed by atoms with Crippen LogP contribution in [0, 0.1) is 18.7 Å². The van der Waals surface area contributed by atoms with Gasteiger partial charge in [0.05, 0.1) is 12.4 Å². The molecule has 186 valence electrons. The van der Waals surface area contributed by atoms with Crippen molar-refractivity contribution in [3.8, 4) is 11.4 Å². The van der Waals surface area contributed by atoms with Crippen molar-refractivity contribution in [2.75, 3.05) is 18.1 Å². The van der Waals surface area contributed by atoms with Crippen LogP contribution in [0.2, 0.25) is 25.7 Å². The number of amides is 1. The van der Waals surface area contributed by atoms with Crippen molar-refractivity contribution < 1.29 is 13.9 Å². The summed E-state index contributed by atoms with van der Waals surface area (Å²) in [6.45, 7) is 10.3. The van der Waals surface area contributed by atoms with Crippen molar-refractivity contribution in [1.82, 2.24) is 25.0 Å². The lowest BCUT2D eigenvalue weighted by molar-refractivity contribution is -0.123. The van der Waals surface area contributed by atoms with E-state index in [9.17, 15) is 9.18 Å². The third-order valence-electron chi connectivity index (χ3n) is 6.22. The molecule has 0 spiro atoms. The molecule has 0 aliphatic carbocycles. The molecule has 3 heterocycles. The van der Waals surface area contributed by atoms with Crippen LogP contribution >= 0.6 is 0 Å². The molecular weight excluding hydrogens is 463 g/mol. The van der Waals surface area contributed by atoms with Crippen molar-refractivity contribution in [2.24, 2.45) is 5.92 Å². The molecule has 10 heteroatoms. The second-order valence-electron chi connectivity index (χ2n) is 10.3. The second kappa shape index (κ2) is 10.7. The maximum Gasteiger partial charge on any atom is 0.233 e. The van der Waals surface area contributed by atoms with Crippen LogP contribution in [0.5, 0.6) is 0 Å². The lowest BCUT2D eigenvalue weighted by Crippen LogP contribution is -2.43. The van der Waals surface area contributed by atoms with Crippen LogP contribution in [0.4, 0.5) is 10.3 Å². The van der Waals surface area contributed by atoms with E-state index in [2.05, 4.69) is 29.8 Å². The summed E-state index contributed by atoms with van der Waals surface area (Å²) in [7, 11) is -1.23. The van der Waals surface area contributed by atoms with Gasteiger partial charge in [-0.1, -0.05) is 31.8 Å². The highest BCUT2D eigenvalue weighted by molar-refractivity contribution is 6.76. The molecule has 35 heavy (non-hydrogen) atoms. The minimum absolute atomic E-state index is 0.00690. The Morgan fingerprint density at radius 2 is 1.89 bits per heavy atom. The standard InChI is InChI=1S/C25H33FN6O2Si/c1-18-15-27-28-16-22(18)23-29-25(32(30-23)17-34-12-13-35(2,3)4)31-11-5-6-20(24(31)33)14-19-7-9-21(26)10-8-19/h7-10,15-16,20H,5-6,11-14,17H2,1-4H3. The largest absolute Gasteiger partial charge is 0.359 e. The minimum Gasteiger partial charge on any atom is -0.359 e. The van der Waals surface area contributed by atoms with Crippen molar-refractivity contribution in [3.05, 3.63) is 53.6 Å². The molecule has 0 saturated carbocycles. The Hall–Kier alpha value is -2.98. The third-order valence-corrected chi connectivity index (χ3v) is 7.92. The summed E-state index contributed by atoms with van der Waals surface area (Å²) in [5.74, 6) is 0.515. The number of carbonyl (C=O) groups excluding carboxylic acids is 1. The van der Waals surface area contributed by atoms with Crippen LogP contribution in [-0.2, 0) is 22.7 Å². The first-order valence-electron chi connectivity index (χ1n) is 12.1. The van der Waals surface area contributed by atoms with Gasteiger partial charge in [0.15, 0.2) is 5.82 Å². The van der Waals surface area contributed by atoms with Crippen LogP contribution in [-0.4, -0.2) is 52.1 Å². The first-order chi connectivity index (χ1) is 16.7. The summed E-state index contributed by atoms with van der Waals surface area (Å²) in [6, 6.07) is 7.40. The summed E-state index contributed by atoms with van der Waals surface area (Å²) >= 11 is 0. The van der Waals surface area contributed by atoms with E-state index in [4.69, 9.17) is 14.8 Å². The van der Waals surface area contributed by atoms with Crippen LogP contribution in [0.15, 0.2) is 36.7 Å². The molecule has 1 aliphatic rings. The second-order valence-corrected chi connectivity index (χ2v) is 15.9. The molecule has 1 fully saturated rings. The van der Waals surface area contributed by atoms with E-state index in [1.165, 1.54) is 12.1 Å². The zero-order chi connectivity index (χ0) is 25.0. The van der Waals surface area contributed by atoms with Gasteiger partial charge >= 0.3 is 0 Å². The van der Waals surface area contributed by atoms with E-state index in [0.29, 0.717) is 31.3 Å². The van der Waals surface area contributed by atoms with Gasteiger partial charge in [-0.15, -0.1) is 5.10 Å². The van der Waals surface area contributed by atoms with Crippen molar-refractivity contribution in [2.45, 2.75) is 58.6 Å². The molecule has 3 aromatic rings. The molecule has 0 N–H and O–H groups in total. The summed E-state index contributed by atoms with van der Waals surface area (Å²) in [5.41, 5.74) is 2.62. The van der Waals surface area contributed by atoms with Gasteiger partial charge in [0.1, 0.15) is 12.5 Å². The number of rotatable bonds is 9. The molecule has 4 rings (SSSR count). The minimum atomic E-state index is -1.23. The van der Waals surface area contributed by atoms with Gasteiger partial charge in [0.2, 0.25) is 11.9 Å². The predicted molar refractivity (Wildman–Crippen MR) is 135 cm³/mol. The van der Waals surface area contributed by atoms with Crippen LogP contribution in [0.25, 0.3) is 11.4 Å². The number of hydrogen-bond acceptors (Lipinski definition) is 6. The quantitative estimate of drug-likeness (QED) is 0.321. The normalized spacial score (nSPS) is 16.7. The molecular formula is C25H33FN6O2Si. The van der Waals surface area contributed by atoms with Crippen LogP contribution in [0.1, 0.15) is 24.0 Å². The number of nitrogens with zero attached hydrogens (tertiary/aromatic N) is 6. The number of ether oxygens (including phenoxy) is 1. The Balaban J connectivity index is 1.58. The van der Waals surface area contributed by atoms with Crippen molar-refractivity contribution >= 4 is 19.9 Å². The zero-order valence-corrected chi connectivity index (χ0v) is 21.9. The highest BCUT2D eigenvalue weighted by atomic mass is 28.3. The topological polar surface area (TPSA) is 86.0 Å². The SMILES string of the molecule is Cc1cnncc1-c1nc(N2CCCC(Cc3ccc(F)cc3)C2=O)n(COCC[Si](C)(C)C)n1. The number of aryl methyl sites for hydroxylation is 1. The monoisotopic (exact) mass is 496 g/mol. The van der Waals surface area contributed by atoms with Gasteiger partial charge in [-0.2, -0.15) is 15.2 Å². The van der Waals surface area contributed by atoms with Gasteiger partial charge < -0.3 is 4.74 Å². The molecule has 0 radical (unpaired) electrons. The fourth-order valence-corrected chi connectivity index (χ4v) is 4.88. The molecule has 1 amide bonds. The van der Waals surface area contributed by atoms with Crippen LogP contribution < -0.4 is 4.90 Å². The molecule has 8 nitrogen and oxygen atoms in total. The van der Waals surface area contributed by atoms with Crippen molar-refractivity contribution in [1.29, 1.82) is 0 Å². The van der Waals surface area contributed by atoms with E-state index in [-0.39, 0.29) is 24.4 Å². The highest BCUT2D eigenvalue weighted by Gasteiger charge is 2.33. The van der Waals surface area contributed by atoms with Crippen LogP contribution in [0.3, 0.4) is 0 Å². The maximum atomic E-state index is 13.5. The third kappa shape index (κ3) is 6.37. The Labute approximate surface area is 206 Å². The Morgan fingerprint density at radius 3 is 2.60 bits per heavy atom.